The molecule has 25 heavy (non-hydrogen) atoms. The van der Waals surface area contributed by atoms with E-state index in [0.29, 0.717) is 6.42 Å². The fourth-order valence-corrected chi connectivity index (χ4v) is 2.72. The Hall–Kier alpha value is -2.35. The normalized spacial score (nSPS) is 13.4. The van der Waals surface area contributed by atoms with Crippen LogP contribution in [-0.2, 0) is 14.3 Å². The number of hydrogen-bond donors (Lipinski definition) is 1. The van der Waals surface area contributed by atoms with E-state index in [1.54, 1.807) is 11.6 Å². The second-order valence-corrected chi connectivity index (χ2v) is 6.83. The number of esters is 1. The summed E-state index contributed by atoms with van der Waals surface area (Å²) in [6.07, 6.45) is 0.0589. The highest BCUT2D eigenvalue weighted by Gasteiger charge is 2.25. The van der Waals surface area contributed by atoms with Crippen LogP contribution >= 0.6 is 0 Å². The number of hydrogen-bond acceptors (Lipinski definition) is 4. The Morgan fingerprint density at radius 3 is 2.08 bits per heavy atom. The zero-order valence-electron chi connectivity index (χ0n) is 15.6. The fraction of sp³-hybridized carbons (Fsp3) is 0.550. The summed E-state index contributed by atoms with van der Waals surface area (Å²) >= 11 is 0. The number of ether oxygens (including phenoxy) is 1. The first-order chi connectivity index (χ1) is 11.7. The van der Waals surface area contributed by atoms with E-state index in [0.717, 1.165) is 5.92 Å². The molecule has 2 atom stereocenters. The largest absolute Gasteiger partial charge is 0.480 e. The number of carbonyl (C=O) groups excluding carboxylic acids is 1. The Bertz CT molecular complexity index is 638. The molecule has 0 saturated heterocycles. The molecule has 0 saturated carbocycles. The van der Waals surface area contributed by atoms with Crippen LogP contribution in [0.1, 0.15) is 58.9 Å². The van der Waals surface area contributed by atoms with Gasteiger partial charge >= 0.3 is 11.9 Å². The third-order valence-electron chi connectivity index (χ3n) is 4.16. The topological polar surface area (TPSA) is 87.4 Å². The minimum Gasteiger partial charge on any atom is -0.480 e. The molecule has 1 N–H and O–H groups in total. The molecule has 136 valence electrons. The second kappa shape index (κ2) is 9.22. The van der Waals surface area contributed by atoms with E-state index >= 15 is 0 Å². The van der Waals surface area contributed by atoms with E-state index in [1.165, 1.54) is 11.1 Å². The smallest absolute Gasteiger partial charge is 0.321 e. The quantitative estimate of drug-likeness (QED) is 0.753. The van der Waals surface area contributed by atoms with Gasteiger partial charge in [-0.1, -0.05) is 52.8 Å². The molecule has 2 unspecified atom stereocenters. The molecule has 2 rings (SSSR count). The van der Waals surface area contributed by atoms with Crippen molar-refractivity contribution >= 4 is 11.9 Å². The predicted octanol–water partition coefficient (Wildman–Crippen LogP) is 4.37. The second-order valence-electron chi connectivity index (χ2n) is 6.83. The lowest BCUT2D eigenvalue weighted by atomic mass is 10.0. The number of carbonyl (C=O) groups is 2. The van der Waals surface area contributed by atoms with Crippen molar-refractivity contribution in [1.82, 2.24) is 0 Å². The third-order valence-corrected chi connectivity index (χ3v) is 4.16. The SMILES string of the molecule is CC(C)c1c2cccc1-2.CCC(OC(=O)CC(C#N)C(=O)O)C(C)C. The van der Waals surface area contributed by atoms with Gasteiger partial charge in [0.1, 0.15) is 6.10 Å². The number of nitriles is 1. The van der Waals surface area contributed by atoms with Crippen molar-refractivity contribution in [3.8, 4) is 17.2 Å². The number of nitrogens with zero attached hydrogens (tertiary/aromatic N) is 1. The molecule has 5 heteroatoms. The first kappa shape index (κ1) is 20.7. The highest BCUT2D eigenvalue weighted by atomic mass is 16.5. The maximum absolute atomic E-state index is 11.4. The van der Waals surface area contributed by atoms with Crippen molar-refractivity contribution in [2.75, 3.05) is 0 Å². The van der Waals surface area contributed by atoms with Gasteiger partial charge in [0.15, 0.2) is 5.92 Å². The molecule has 0 aliphatic heterocycles. The van der Waals surface area contributed by atoms with Crippen molar-refractivity contribution < 1.29 is 19.4 Å². The van der Waals surface area contributed by atoms with E-state index < -0.39 is 24.3 Å². The van der Waals surface area contributed by atoms with Crippen molar-refractivity contribution in [3.05, 3.63) is 23.8 Å². The Morgan fingerprint density at radius 1 is 1.20 bits per heavy atom. The van der Waals surface area contributed by atoms with E-state index in [9.17, 15) is 9.59 Å². The molecule has 5 nitrogen and oxygen atoms in total. The summed E-state index contributed by atoms with van der Waals surface area (Å²) in [5.41, 5.74) is 4.59. The van der Waals surface area contributed by atoms with Gasteiger partial charge in [-0.05, 0) is 34.9 Å². The lowest BCUT2D eigenvalue weighted by molar-refractivity contribution is -0.155. The van der Waals surface area contributed by atoms with Crippen LogP contribution in [0.5, 0.6) is 0 Å². The zero-order chi connectivity index (χ0) is 19.1. The molecule has 2 aliphatic carbocycles. The monoisotopic (exact) mass is 345 g/mol. The summed E-state index contributed by atoms with van der Waals surface area (Å²) in [6.45, 7) is 10.2. The van der Waals surface area contributed by atoms with Gasteiger partial charge < -0.3 is 9.84 Å². The van der Waals surface area contributed by atoms with Gasteiger partial charge in [-0.2, -0.15) is 5.26 Å². The molecule has 0 bridgehead atoms. The summed E-state index contributed by atoms with van der Waals surface area (Å²) < 4.78 is 5.09. The van der Waals surface area contributed by atoms with Gasteiger partial charge in [0.05, 0.1) is 12.5 Å². The highest BCUT2D eigenvalue weighted by molar-refractivity contribution is 5.90. The maximum Gasteiger partial charge on any atom is 0.321 e. The molecule has 0 heterocycles. The molecular formula is C20H27NO4. The first-order valence-electron chi connectivity index (χ1n) is 8.68. The number of carboxylic acid groups (broad SMARTS) is 1. The van der Waals surface area contributed by atoms with E-state index in [4.69, 9.17) is 15.1 Å². The number of carboxylic acids is 1. The van der Waals surface area contributed by atoms with Gasteiger partial charge in [0, 0.05) is 0 Å². The van der Waals surface area contributed by atoms with Crippen LogP contribution in [0.3, 0.4) is 0 Å². The van der Waals surface area contributed by atoms with Crippen LogP contribution in [0.15, 0.2) is 18.2 Å². The summed E-state index contributed by atoms with van der Waals surface area (Å²) in [4.78, 5) is 21.9. The van der Waals surface area contributed by atoms with Crippen LogP contribution in [0, 0.1) is 23.2 Å². The zero-order valence-corrected chi connectivity index (χ0v) is 15.6. The average molecular weight is 345 g/mol. The molecule has 0 amide bonds. The van der Waals surface area contributed by atoms with Crippen LogP contribution in [0.25, 0.3) is 11.1 Å². The Balaban J connectivity index is 0.000000286. The van der Waals surface area contributed by atoms with E-state index in [1.807, 2.05) is 20.8 Å². The highest BCUT2D eigenvalue weighted by Crippen LogP contribution is 2.47. The van der Waals surface area contributed by atoms with Crippen molar-refractivity contribution in [1.29, 1.82) is 5.26 Å². The van der Waals surface area contributed by atoms with Gasteiger partial charge in [-0.25, -0.2) is 0 Å². The van der Waals surface area contributed by atoms with Crippen molar-refractivity contribution in [2.24, 2.45) is 11.8 Å². The van der Waals surface area contributed by atoms with Crippen LogP contribution < -0.4 is 0 Å². The van der Waals surface area contributed by atoms with Gasteiger partial charge in [-0.3, -0.25) is 9.59 Å². The lowest BCUT2D eigenvalue weighted by Crippen LogP contribution is -2.25. The van der Waals surface area contributed by atoms with Gasteiger partial charge in [-0.15, -0.1) is 0 Å². The van der Waals surface area contributed by atoms with Crippen molar-refractivity contribution in [2.45, 2.75) is 59.5 Å². The van der Waals surface area contributed by atoms with Crippen LogP contribution in [-0.4, -0.2) is 23.1 Å². The third kappa shape index (κ3) is 5.90. The molecule has 0 spiro atoms. The number of rotatable bonds is 7. The molecular weight excluding hydrogens is 318 g/mol. The van der Waals surface area contributed by atoms with Gasteiger partial charge in [0.25, 0.3) is 0 Å². The Kier molecular flexibility index (Phi) is 7.63. The number of aliphatic carboxylic acids is 1. The molecule has 0 aromatic heterocycles. The fourth-order valence-electron chi connectivity index (χ4n) is 2.72. The van der Waals surface area contributed by atoms with Gasteiger partial charge in [0.2, 0.25) is 0 Å². The standard InChI is InChI=1S/C11H17NO4.C9H10/c1-4-9(7(2)3)16-10(13)5-8(6-12)11(14)15;1-6(2)9-7-4-3-5-8(7)9/h7-9H,4-5H2,1-3H3,(H,14,15);3-6H,1-2H3. The molecule has 0 radical (unpaired) electrons. The molecule has 0 aromatic carbocycles. The average Bonchev–Trinajstić information content (AvgIpc) is 3.04. The lowest BCUT2D eigenvalue weighted by Gasteiger charge is -2.19. The summed E-state index contributed by atoms with van der Waals surface area (Å²) in [5.74, 6) is -2.33. The van der Waals surface area contributed by atoms with Crippen LogP contribution in [0.2, 0.25) is 0 Å². The molecule has 0 aromatic rings. The summed E-state index contributed by atoms with van der Waals surface area (Å²) in [7, 11) is 0. The Morgan fingerprint density at radius 2 is 1.76 bits per heavy atom. The minimum atomic E-state index is -1.32. The molecule has 2 aliphatic rings. The maximum atomic E-state index is 11.4. The van der Waals surface area contributed by atoms with Crippen LogP contribution in [0.4, 0.5) is 0 Å². The van der Waals surface area contributed by atoms with Crippen molar-refractivity contribution in [3.63, 3.8) is 0 Å². The minimum absolute atomic E-state index is 0.180. The first-order valence-corrected chi connectivity index (χ1v) is 8.68. The molecule has 0 fully saturated rings. The predicted molar refractivity (Wildman–Crippen MR) is 95.9 cm³/mol. The summed E-state index contributed by atoms with van der Waals surface area (Å²) in [6, 6.07) is 8.07. The Labute approximate surface area is 149 Å². The van der Waals surface area contributed by atoms with E-state index in [-0.39, 0.29) is 12.0 Å². The number of benzene rings is 1. The summed E-state index contributed by atoms with van der Waals surface area (Å²) in [5, 5.41) is 17.1. The number of fused-ring (bicyclic) bond motifs is 1. The van der Waals surface area contributed by atoms with E-state index in [2.05, 4.69) is 32.0 Å².